The molecule has 28 heavy (non-hydrogen) atoms. The van der Waals surface area contributed by atoms with E-state index in [4.69, 9.17) is 5.26 Å². The summed E-state index contributed by atoms with van der Waals surface area (Å²) >= 11 is 0. The Kier molecular flexibility index (Phi) is 4.40. The molecule has 6 heteroatoms. The summed E-state index contributed by atoms with van der Waals surface area (Å²) in [6, 6.07) is 23.3. The highest BCUT2D eigenvalue weighted by molar-refractivity contribution is 5.74. The Hall–Kier alpha value is -4.24. The topological polar surface area (TPSA) is 105 Å². The Morgan fingerprint density at radius 3 is 2.43 bits per heavy atom. The maximum absolute atomic E-state index is 10.0. The number of hydrogen-bond acceptors (Lipinski definition) is 5. The number of H-pyrrole nitrogens is 1. The van der Waals surface area contributed by atoms with Gasteiger partial charge in [0.15, 0.2) is 5.82 Å². The molecule has 4 aromatic rings. The third kappa shape index (κ3) is 3.50. The number of rotatable bonds is 4. The van der Waals surface area contributed by atoms with E-state index < -0.39 is 0 Å². The molecule has 0 spiro atoms. The monoisotopic (exact) mass is 368 g/mol. The van der Waals surface area contributed by atoms with Crippen molar-refractivity contribution in [3.8, 4) is 40.0 Å². The van der Waals surface area contributed by atoms with Gasteiger partial charge in [0.2, 0.25) is 0 Å². The summed E-state index contributed by atoms with van der Waals surface area (Å²) < 4.78 is 0. The van der Waals surface area contributed by atoms with Crippen molar-refractivity contribution in [3.05, 3.63) is 78.4 Å². The van der Waals surface area contributed by atoms with Crippen LogP contribution in [0.5, 0.6) is 11.5 Å². The van der Waals surface area contributed by atoms with Crippen LogP contribution in [0.1, 0.15) is 5.56 Å². The fourth-order valence-electron chi connectivity index (χ4n) is 2.94. The zero-order valence-corrected chi connectivity index (χ0v) is 14.7. The zero-order chi connectivity index (χ0) is 19.5. The number of phenols is 2. The molecule has 0 aliphatic carbocycles. The molecule has 3 aromatic carbocycles. The fraction of sp³-hybridized carbons (Fsp3) is 0. The van der Waals surface area contributed by atoms with Gasteiger partial charge in [-0.15, -0.1) is 0 Å². The summed E-state index contributed by atoms with van der Waals surface area (Å²) in [7, 11) is 0. The molecule has 4 rings (SSSR count). The minimum absolute atomic E-state index is 0.0238. The van der Waals surface area contributed by atoms with Crippen molar-refractivity contribution in [2.45, 2.75) is 0 Å². The minimum Gasteiger partial charge on any atom is -0.508 e. The van der Waals surface area contributed by atoms with E-state index in [2.05, 4.69) is 21.6 Å². The maximum atomic E-state index is 10.0. The molecular weight excluding hydrogens is 352 g/mol. The zero-order valence-electron chi connectivity index (χ0n) is 14.7. The van der Waals surface area contributed by atoms with Gasteiger partial charge in [-0.1, -0.05) is 30.3 Å². The lowest BCUT2D eigenvalue weighted by Crippen LogP contribution is -1.90. The van der Waals surface area contributed by atoms with Gasteiger partial charge in [-0.3, -0.25) is 5.10 Å². The molecule has 0 aliphatic heterocycles. The molecule has 136 valence electrons. The quantitative estimate of drug-likeness (QED) is 0.415. The van der Waals surface area contributed by atoms with Gasteiger partial charge < -0.3 is 15.5 Å². The molecular formula is C22H16N4O2. The molecule has 0 saturated carbocycles. The van der Waals surface area contributed by atoms with Gasteiger partial charge in [0.1, 0.15) is 11.5 Å². The largest absolute Gasteiger partial charge is 0.508 e. The SMILES string of the molecule is N#Cc1cccc(Nc2cc(-c3ccc(-c4ccc(O)cc4O)cc3)[nH]n2)c1. The summed E-state index contributed by atoms with van der Waals surface area (Å²) in [6.07, 6.45) is 0. The van der Waals surface area contributed by atoms with Crippen LogP contribution in [-0.2, 0) is 0 Å². The van der Waals surface area contributed by atoms with Crippen molar-refractivity contribution < 1.29 is 10.2 Å². The summed E-state index contributed by atoms with van der Waals surface area (Å²) in [5, 5.41) is 38.8. The average molecular weight is 368 g/mol. The van der Waals surface area contributed by atoms with E-state index in [-0.39, 0.29) is 11.5 Å². The Morgan fingerprint density at radius 2 is 1.68 bits per heavy atom. The van der Waals surface area contributed by atoms with Gasteiger partial charge in [-0.05, 0) is 41.5 Å². The van der Waals surface area contributed by atoms with Crippen molar-refractivity contribution >= 4 is 11.5 Å². The number of nitrogens with one attached hydrogen (secondary N) is 2. The lowest BCUT2D eigenvalue weighted by atomic mass is 10.0. The number of anilines is 2. The lowest BCUT2D eigenvalue weighted by Gasteiger charge is -2.06. The Morgan fingerprint density at radius 1 is 0.893 bits per heavy atom. The van der Waals surface area contributed by atoms with E-state index >= 15 is 0 Å². The van der Waals surface area contributed by atoms with Crippen LogP contribution in [0.3, 0.4) is 0 Å². The van der Waals surface area contributed by atoms with Crippen molar-refractivity contribution in [1.29, 1.82) is 5.26 Å². The van der Waals surface area contributed by atoms with Crippen molar-refractivity contribution in [2.24, 2.45) is 0 Å². The molecule has 4 N–H and O–H groups in total. The first-order valence-electron chi connectivity index (χ1n) is 8.58. The standard InChI is InChI=1S/C22H16N4O2/c23-13-14-2-1-3-17(10-14)24-22-12-20(25-26-22)16-6-4-15(5-7-16)19-9-8-18(27)11-21(19)28/h1-12,27-28H,(H2,24,25,26). The van der Waals surface area contributed by atoms with E-state index in [0.717, 1.165) is 22.5 Å². The molecule has 1 aromatic heterocycles. The fourth-order valence-corrected chi connectivity index (χ4v) is 2.94. The summed E-state index contributed by atoms with van der Waals surface area (Å²) in [4.78, 5) is 0. The molecule has 0 aliphatic rings. The van der Waals surface area contributed by atoms with Crippen LogP contribution in [0, 0.1) is 11.3 Å². The molecule has 0 unspecified atom stereocenters. The normalized spacial score (nSPS) is 10.4. The summed E-state index contributed by atoms with van der Waals surface area (Å²) in [5.74, 6) is 0.696. The first-order chi connectivity index (χ1) is 13.6. The van der Waals surface area contributed by atoms with Crippen LogP contribution in [0.25, 0.3) is 22.4 Å². The second-order valence-electron chi connectivity index (χ2n) is 6.26. The number of nitrogens with zero attached hydrogens (tertiary/aromatic N) is 2. The van der Waals surface area contributed by atoms with Crippen LogP contribution in [-0.4, -0.2) is 20.4 Å². The van der Waals surface area contributed by atoms with Crippen molar-refractivity contribution in [2.75, 3.05) is 5.32 Å². The second kappa shape index (κ2) is 7.17. The highest BCUT2D eigenvalue weighted by atomic mass is 16.3. The predicted molar refractivity (Wildman–Crippen MR) is 107 cm³/mol. The number of hydrogen-bond donors (Lipinski definition) is 4. The first kappa shape index (κ1) is 17.2. The Balaban J connectivity index is 1.54. The second-order valence-corrected chi connectivity index (χ2v) is 6.26. The third-order valence-corrected chi connectivity index (χ3v) is 4.33. The van der Waals surface area contributed by atoms with Crippen molar-refractivity contribution in [3.63, 3.8) is 0 Å². The smallest absolute Gasteiger partial charge is 0.152 e. The van der Waals surface area contributed by atoms with Gasteiger partial charge in [-0.2, -0.15) is 10.4 Å². The predicted octanol–water partition coefficient (Wildman–Crippen LogP) is 4.77. The molecule has 0 fully saturated rings. The highest BCUT2D eigenvalue weighted by Crippen LogP contribution is 2.33. The number of nitriles is 1. The molecule has 6 nitrogen and oxygen atoms in total. The number of phenolic OH excluding ortho intramolecular Hbond substituents is 2. The molecule has 0 atom stereocenters. The van der Waals surface area contributed by atoms with E-state index in [9.17, 15) is 10.2 Å². The molecule has 0 radical (unpaired) electrons. The number of aromatic hydroxyl groups is 2. The minimum atomic E-state index is 0.0238. The molecule has 0 saturated heterocycles. The molecule has 0 amide bonds. The van der Waals surface area contributed by atoms with Crippen LogP contribution in [0.15, 0.2) is 72.8 Å². The first-order valence-corrected chi connectivity index (χ1v) is 8.58. The summed E-state index contributed by atoms with van der Waals surface area (Å²) in [5.41, 5.74) is 4.62. The van der Waals surface area contributed by atoms with Crippen LogP contribution < -0.4 is 5.32 Å². The summed E-state index contributed by atoms with van der Waals surface area (Å²) in [6.45, 7) is 0. The van der Waals surface area contributed by atoms with E-state index in [1.165, 1.54) is 12.1 Å². The van der Waals surface area contributed by atoms with E-state index in [1.54, 1.807) is 18.2 Å². The molecule has 1 heterocycles. The van der Waals surface area contributed by atoms with Gasteiger partial charge in [0, 0.05) is 23.4 Å². The Labute approximate surface area is 161 Å². The highest BCUT2D eigenvalue weighted by Gasteiger charge is 2.08. The van der Waals surface area contributed by atoms with Gasteiger partial charge in [0.05, 0.1) is 17.3 Å². The van der Waals surface area contributed by atoms with E-state index in [0.29, 0.717) is 16.9 Å². The van der Waals surface area contributed by atoms with Crippen molar-refractivity contribution in [1.82, 2.24) is 10.2 Å². The number of aromatic nitrogens is 2. The number of aromatic amines is 1. The maximum Gasteiger partial charge on any atom is 0.152 e. The average Bonchev–Trinajstić information content (AvgIpc) is 3.17. The third-order valence-electron chi connectivity index (χ3n) is 4.33. The molecule has 0 bridgehead atoms. The Bertz CT molecular complexity index is 1170. The van der Waals surface area contributed by atoms with Crippen LogP contribution >= 0.6 is 0 Å². The number of benzene rings is 3. The van der Waals surface area contributed by atoms with Gasteiger partial charge >= 0.3 is 0 Å². The van der Waals surface area contributed by atoms with Crippen LogP contribution in [0.2, 0.25) is 0 Å². The van der Waals surface area contributed by atoms with Gasteiger partial charge in [0.25, 0.3) is 0 Å². The van der Waals surface area contributed by atoms with E-state index in [1.807, 2.05) is 42.5 Å². The van der Waals surface area contributed by atoms with Gasteiger partial charge in [-0.25, -0.2) is 0 Å². The lowest BCUT2D eigenvalue weighted by molar-refractivity contribution is 0.452. The van der Waals surface area contributed by atoms with Crippen LogP contribution in [0.4, 0.5) is 11.5 Å².